The number of aliphatic hydroxyl groups is 1. The molecule has 5 rings (SSSR count). The highest BCUT2D eigenvalue weighted by atomic mass is 16.5. The number of hydrogen-bond acceptors (Lipinski definition) is 6. The van der Waals surface area contributed by atoms with E-state index in [2.05, 4.69) is 20.4 Å². The Morgan fingerprint density at radius 1 is 1.00 bits per heavy atom. The molecule has 2 fully saturated rings. The van der Waals surface area contributed by atoms with Gasteiger partial charge in [0.05, 0.1) is 12.7 Å². The number of carbonyl (C=O) groups excluding carboxylic acids is 2. The molecule has 1 heterocycles. The Labute approximate surface area is 235 Å². The van der Waals surface area contributed by atoms with Gasteiger partial charge in [-0.2, -0.15) is 0 Å². The van der Waals surface area contributed by atoms with Crippen LogP contribution in [0.15, 0.2) is 66.9 Å². The smallest absolute Gasteiger partial charge is 0.407 e. The molecule has 5 N–H and O–H groups in total. The Morgan fingerprint density at radius 2 is 1.65 bits per heavy atom. The van der Waals surface area contributed by atoms with Crippen LogP contribution in [-0.4, -0.2) is 40.8 Å². The summed E-state index contributed by atoms with van der Waals surface area (Å²) in [5.74, 6) is 0.729. The van der Waals surface area contributed by atoms with Gasteiger partial charge in [0.25, 0.3) is 0 Å². The van der Waals surface area contributed by atoms with Crippen molar-refractivity contribution >= 4 is 17.8 Å². The number of carbonyl (C=O) groups is 2. The van der Waals surface area contributed by atoms with Crippen LogP contribution < -0.4 is 16.4 Å². The van der Waals surface area contributed by atoms with E-state index in [1.54, 1.807) is 0 Å². The molecule has 0 saturated heterocycles. The number of nitrogens with one attached hydrogen (secondary N) is 2. The summed E-state index contributed by atoms with van der Waals surface area (Å²) >= 11 is 0. The van der Waals surface area contributed by atoms with Gasteiger partial charge in [-0.25, -0.2) is 9.78 Å². The Hall–Kier alpha value is -3.75. The van der Waals surface area contributed by atoms with Crippen molar-refractivity contribution < 1.29 is 19.4 Å². The van der Waals surface area contributed by atoms with Crippen LogP contribution in [0.1, 0.15) is 57.4 Å². The molecule has 0 unspecified atom stereocenters. The number of rotatable bonds is 7. The number of amides is 2. The first-order valence-corrected chi connectivity index (χ1v) is 14.0. The fourth-order valence-electron chi connectivity index (χ4n) is 6.30. The van der Waals surface area contributed by atoms with Crippen molar-refractivity contribution in [2.24, 2.45) is 11.7 Å². The second-order valence-corrected chi connectivity index (χ2v) is 11.7. The van der Waals surface area contributed by atoms with Crippen LogP contribution in [0, 0.1) is 5.92 Å². The molecular formula is C32H38N4O4. The van der Waals surface area contributed by atoms with Crippen molar-refractivity contribution in [1.29, 1.82) is 0 Å². The third-order valence-corrected chi connectivity index (χ3v) is 8.25. The molecule has 2 amide bonds. The number of aromatic nitrogens is 1. The topological polar surface area (TPSA) is 127 Å². The maximum atomic E-state index is 12.9. The number of methoxy groups -OCH3 is 1. The minimum atomic E-state index is -0.709. The molecule has 0 radical (unpaired) electrons. The van der Waals surface area contributed by atoms with E-state index in [0.717, 1.165) is 53.5 Å². The molecule has 0 bridgehead atoms. The number of hydrogen-bond donors (Lipinski definition) is 4. The summed E-state index contributed by atoms with van der Waals surface area (Å²) < 4.78 is 4.69. The van der Waals surface area contributed by atoms with Gasteiger partial charge < -0.3 is 26.2 Å². The van der Waals surface area contributed by atoms with Gasteiger partial charge in [0.2, 0.25) is 5.91 Å². The van der Waals surface area contributed by atoms with Gasteiger partial charge in [-0.15, -0.1) is 0 Å². The van der Waals surface area contributed by atoms with E-state index < -0.39 is 17.2 Å². The molecule has 0 atom stereocenters. The highest BCUT2D eigenvalue weighted by Crippen LogP contribution is 2.46. The van der Waals surface area contributed by atoms with E-state index in [1.807, 2.05) is 73.8 Å². The largest absolute Gasteiger partial charge is 0.453 e. The normalized spacial score (nSPS) is 25.9. The summed E-state index contributed by atoms with van der Waals surface area (Å²) in [5, 5.41) is 16.1. The molecule has 0 aliphatic heterocycles. The molecule has 3 aromatic rings. The second-order valence-electron chi connectivity index (χ2n) is 11.7. The lowest BCUT2D eigenvalue weighted by Crippen LogP contribution is -2.58. The molecule has 2 aliphatic carbocycles. The number of anilines is 1. The van der Waals surface area contributed by atoms with Crippen LogP contribution in [0.25, 0.3) is 22.3 Å². The van der Waals surface area contributed by atoms with Crippen LogP contribution in [0.2, 0.25) is 0 Å². The van der Waals surface area contributed by atoms with E-state index in [1.165, 1.54) is 7.11 Å². The summed E-state index contributed by atoms with van der Waals surface area (Å²) in [7, 11) is 1.36. The number of alkyl carbamates (subject to hydrolysis) is 1. The van der Waals surface area contributed by atoms with Crippen LogP contribution in [0.5, 0.6) is 0 Å². The van der Waals surface area contributed by atoms with Crippen LogP contribution in [0.4, 0.5) is 10.6 Å². The van der Waals surface area contributed by atoms with Gasteiger partial charge in [0, 0.05) is 29.8 Å². The zero-order valence-electron chi connectivity index (χ0n) is 23.2. The lowest BCUT2D eigenvalue weighted by atomic mass is 9.63. The Balaban J connectivity index is 1.29. The number of benzene rings is 2. The standard InChI is InChI=1S/C32H38N4O4/c1-31(39)19-32(33,20-31)24-12-10-23(11-13-24)27-18-34-28(17-26(27)22-6-4-3-5-7-22)36-29(37)16-21-8-14-25(15-9-21)35-30(38)40-2/h3-7,10-13,17-18,21,25,39H,8-9,14-16,19-20,33H2,1-2H3,(H,35,38)(H,34,36,37)/t21-,25-,31-,32-. The van der Waals surface area contributed by atoms with Crippen LogP contribution >= 0.6 is 0 Å². The Kier molecular flexibility index (Phi) is 7.92. The molecule has 8 nitrogen and oxygen atoms in total. The lowest BCUT2D eigenvalue weighted by molar-refractivity contribution is -0.117. The van der Waals surface area contributed by atoms with Gasteiger partial charge in [0.15, 0.2) is 0 Å². The van der Waals surface area contributed by atoms with Crippen LogP contribution in [-0.2, 0) is 15.1 Å². The average molecular weight is 543 g/mol. The predicted octanol–water partition coefficient (Wildman–Crippen LogP) is 5.36. The molecule has 0 spiro atoms. The monoisotopic (exact) mass is 542 g/mol. The SMILES string of the molecule is COC(=O)N[C@H]1CC[C@H](CC(=O)Nc2cc(-c3ccccc3)c(-c3ccc([C@]4(N)C[C@](C)(O)C4)cc3)cn2)CC1. The maximum Gasteiger partial charge on any atom is 0.407 e. The van der Waals surface area contributed by atoms with E-state index in [0.29, 0.717) is 25.1 Å². The first kappa shape index (κ1) is 27.8. The molecule has 1 aromatic heterocycles. The first-order chi connectivity index (χ1) is 19.1. The van der Waals surface area contributed by atoms with E-state index >= 15 is 0 Å². The minimum Gasteiger partial charge on any atom is -0.453 e. The summed E-state index contributed by atoms with van der Waals surface area (Å²) in [6.45, 7) is 1.82. The second kappa shape index (κ2) is 11.4. The number of pyridine rings is 1. The average Bonchev–Trinajstić information content (AvgIpc) is 2.93. The minimum absolute atomic E-state index is 0.0578. The number of ether oxygens (including phenoxy) is 1. The Bertz CT molecular complexity index is 1340. The molecule has 2 aromatic carbocycles. The molecule has 2 aliphatic rings. The molecule has 210 valence electrons. The highest BCUT2D eigenvalue weighted by Gasteiger charge is 2.49. The number of nitrogens with two attached hydrogens (primary N) is 1. The van der Waals surface area contributed by atoms with Crippen molar-refractivity contribution in [3.05, 3.63) is 72.4 Å². The van der Waals surface area contributed by atoms with Crippen molar-refractivity contribution in [1.82, 2.24) is 10.3 Å². The van der Waals surface area contributed by atoms with Crippen molar-refractivity contribution in [2.45, 2.75) is 69.1 Å². The van der Waals surface area contributed by atoms with Gasteiger partial charge in [-0.1, -0.05) is 54.6 Å². The molecule has 40 heavy (non-hydrogen) atoms. The third-order valence-electron chi connectivity index (χ3n) is 8.25. The van der Waals surface area contributed by atoms with Gasteiger partial charge >= 0.3 is 6.09 Å². The molecule has 8 heteroatoms. The predicted molar refractivity (Wildman–Crippen MR) is 155 cm³/mol. The molecule has 2 saturated carbocycles. The highest BCUT2D eigenvalue weighted by molar-refractivity contribution is 5.92. The van der Waals surface area contributed by atoms with E-state index in [-0.39, 0.29) is 17.9 Å². The lowest BCUT2D eigenvalue weighted by Gasteiger charge is -2.49. The van der Waals surface area contributed by atoms with Crippen molar-refractivity contribution in [3.63, 3.8) is 0 Å². The zero-order valence-corrected chi connectivity index (χ0v) is 23.2. The summed E-state index contributed by atoms with van der Waals surface area (Å²) in [5.41, 5.74) is 10.3. The summed E-state index contributed by atoms with van der Waals surface area (Å²) in [4.78, 5) is 29.0. The summed E-state index contributed by atoms with van der Waals surface area (Å²) in [6.07, 6.45) is 6.32. The fourth-order valence-corrected chi connectivity index (χ4v) is 6.30. The van der Waals surface area contributed by atoms with Gasteiger partial charge in [-0.3, -0.25) is 4.79 Å². The maximum absolute atomic E-state index is 12.9. The van der Waals surface area contributed by atoms with Gasteiger partial charge in [0.1, 0.15) is 5.82 Å². The fraction of sp³-hybridized carbons (Fsp3) is 0.406. The number of nitrogens with zero attached hydrogens (tertiary/aromatic N) is 1. The van der Waals surface area contributed by atoms with Gasteiger partial charge in [-0.05, 0) is 79.7 Å². The quantitative estimate of drug-likeness (QED) is 0.318. The van der Waals surface area contributed by atoms with Crippen LogP contribution in [0.3, 0.4) is 0 Å². The van der Waals surface area contributed by atoms with Crippen molar-refractivity contribution in [2.75, 3.05) is 12.4 Å². The zero-order chi connectivity index (χ0) is 28.3. The first-order valence-electron chi connectivity index (χ1n) is 14.0. The third kappa shape index (κ3) is 6.35. The Morgan fingerprint density at radius 3 is 2.27 bits per heavy atom. The molecular weight excluding hydrogens is 504 g/mol. The summed E-state index contributed by atoms with van der Waals surface area (Å²) in [6, 6.07) is 20.2. The van der Waals surface area contributed by atoms with Crippen molar-refractivity contribution in [3.8, 4) is 22.3 Å². The van der Waals surface area contributed by atoms with E-state index in [4.69, 9.17) is 5.73 Å². The van der Waals surface area contributed by atoms with E-state index in [9.17, 15) is 14.7 Å².